The van der Waals surface area contributed by atoms with Crippen molar-refractivity contribution in [2.75, 3.05) is 19.5 Å². The molecule has 0 saturated heterocycles. The van der Waals surface area contributed by atoms with Crippen LogP contribution >= 0.6 is 58.0 Å². The summed E-state index contributed by atoms with van der Waals surface area (Å²) in [7, 11) is 2.85. The van der Waals surface area contributed by atoms with Crippen molar-refractivity contribution in [3.63, 3.8) is 0 Å². The molecule has 0 aliphatic carbocycles. The molecule has 0 spiro atoms. The van der Waals surface area contributed by atoms with E-state index in [1.165, 1.54) is 32.4 Å². The molecule has 3 aromatic carbocycles. The van der Waals surface area contributed by atoms with E-state index in [2.05, 4.69) is 10.6 Å². The van der Waals surface area contributed by atoms with Crippen molar-refractivity contribution >= 4 is 75.6 Å². The number of hydrogen-bond acceptors (Lipinski definition) is 5. The lowest BCUT2D eigenvalue weighted by atomic mass is 10.1. The fourth-order valence-electron chi connectivity index (χ4n) is 3.21. The number of anilines is 1. The smallest absolute Gasteiger partial charge is 0.326 e. The first-order chi connectivity index (χ1) is 17.1. The van der Waals surface area contributed by atoms with Crippen molar-refractivity contribution in [1.82, 2.24) is 5.32 Å². The minimum absolute atomic E-state index is 0.0335. The molecule has 0 bridgehead atoms. The molecule has 3 amide bonds. The third kappa shape index (κ3) is 6.36. The standard InChI is InChI=1S/C24H19Cl5N2O5/c1-11-17(30-24(33)31-22(32)19-14(26)5-4-6-15(19)27)10-13(23(34-2)35-3)21(20(11)29)36-18-8-7-12(25)9-16(18)28/h4-10,23H,1-3H3,(H2,30,31,32,33). The third-order valence-electron chi connectivity index (χ3n) is 4.95. The predicted octanol–water partition coefficient (Wildman–Crippen LogP) is 8.31. The number of methoxy groups -OCH3 is 2. The van der Waals surface area contributed by atoms with Crippen LogP contribution in [0.25, 0.3) is 0 Å². The molecule has 0 aliphatic rings. The number of ether oxygens (including phenoxy) is 3. The van der Waals surface area contributed by atoms with Gasteiger partial charge in [0.25, 0.3) is 5.91 Å². The monoisotopic (exact) mass is 590 g/mol. The topological polar surface area (TPSA) is 85.9 Å². The lowest BCUT2D eigenvalue weighted by Crippen LogP contribution is -2.35. The summed E-state index contributed by atoms with van der Waals surface area (Å²) in [6.45, 7) is 1.65. The van der Waals surface area contributed by atoms with E-state index in [0.29, 0.717) is 16.1 Å². The van der Waals surface area contributed by atoms with Crippen molar-refractivity contribution in [2.24, 2.45) is 0 Å². The summed E-state index contributed by atoms with van der Waals surface area (Å²) in [4.78, 5) is 25.2. The summed E-state index contributed by atoms with van der Waals surface area (Å²) in [5.74, 6) is -0.303. The maximum absolute atomic E-state index is 12.7. The van der Waals surface area contributed by atoms with Gasteiger partial charge in [0.1, 0.15) is 5.75 Å². The fourth-order valence-corrected chi connectivity index (χ4v) is 4.47. The van der Waals surface area contributed by atoms with Crippen molar-refractivity contribution in [3.8, 4) is 11.5 Å². The Bertz CT molecular complexity index is 1290. The van der Waals surface area contributed by atoms with Crippen LogP contribution < -0.4 is 15.4 Å². The lowest BCUT2D eigenvalue weighted by Gasteiger charge is -2.22. The molecule has 190 valence electrons. The molecule has 0 aromatic heterocycles. The highest BCUT2D eigenvalue weighted by molar-refractivity contribution is 6.40. The van der Waals surface area contributed by atoms with Gasteiger partial charge in [-0.25, -0.2) is 4.79 Å². The van der Waals surface area contributed by atoms with Crippen molar-refractivity contribution in [2.45, 2.75) is 13.2 Å². The Morgan fingerprint density at radius 2 is 1.53 bits per heavy atom. The van der Waals surface area contributed by atoms with E-state index in [0.717, 1.165) is 0 Å². The van der Waals surface area contributed by atoms with Crippen LogP contribution in [0.3, 0.4) is 0 Å². The van der Waals surface area contributed by atoms with E-state index >= 15 is 0 Å². The molecule has 0 saturated carbocycles. The van der Waals surface area contributed by atoms with Gasteiger partial charge < -0.3 is 19.5 Å². The zero-order chi connectivity index (χ0) is 26.6. The Labute approximate surface area is 232 Å². The molecule has 0 unspecified atom stereocenters. The zero-order valence-corrected chi connectivity index (χ0v) is 22.8. The number of nitrogens with one attached hydrogen (secondary N) is 2. The maximum Gasteiger partial charge on any atom is 0.326 e. The number of imide groups is 1. The third-order valence-corrected chi connectivity index (χ3v) is 6.56. The molecule has 0 fully saturated rings. The quantitative estimate of drug-likeness (QED) is 0.270. The van der Waals surface area contributed by atoms with Crippen LogP contribution in [0.1, 0.15) is 27.8 Å². The second-order valence-electron chi connectivity index (χ2n) is 7.27. The summed E-state index contributed by atoms with van der Waals surface area (Å²) in [5, 5.41) is 5.81. The average Bonchev–Trinajstić information content (AvgIpc) is 2.81. The molecule has 0 heterocycles. The van der Waals surface area contributed by atoms with Crippen LogP contribution in [0.4, 0.5) is 10.5 Å². The van der Waals surface area contributed by atoms with Crippen LogP contribution in [-0.4, -0.2) is 26.2 Å². The lowest BCUT2D eigenvalue weighted by molar-refractivity contribution is -0.106. The maximum atomic E-state index is 12.7. The molecule has 36 heavy (non-hydrogen) atoms. The van der Waals surface area contributed by atoms with Gasteiger partial charge in [0.15, 0.2) is 12.0 Å². The van der Waals surface area contributed by atoms with Gasteiger partial charge in [0.2, 0.25) is 0 Å². The number of hydrogen-bond donors (Lipinski definition) is 2. The molecule has 7 nitrogen and oxygen atoms in total. The zero-order valence-electron chi connectivity index (χ0n) is 19.0. The van der Waals surface area contributed by atoms with Crippen LogP contribution in [-0.2, 0) is 9.47 Å². The van der Waals surface area contributed by atoms with E-state index in [-0.39, 0.29) is 42.8 Å². The summed E-state index contributed by atoms with van der Waals surface area (Å²) >= 11 is 31.0. The Morgan fingerprint density at radius 1 is 0.889 bits per heavy atom. The minimum Gasteiger partial charge on any atom is -0.454 e. The minimum atomic E-state index is -0.920. The van der Waals surface area contributed by atoms with Gasteiger partial charge in [-0.2, -0.15) is 0 Å². The summed E-state index contributed by atoms with van der Waals surface area (Å²) in [5.41, 5.74) is 1.01. The number of carbonyl (C=O) groups excluding carboxylic acids is 2. The van der Waals surface area contributed by atoms with Crippen molar-refractivity contribution in [1.29, 1.82) is 0 Å². The van der Waals surface area contributed by atoms with Crippen molar-refractivity contribution < 1.29 is 23.8 Å². The van der Waals surface area contributed by atoms with Crippen molar-refractivity contribution in [3.05, 3.63) is 84.3 Å². The van der Waals surface area contributed by atoms with Gasteiger partial charge in [0.05, 0.1) is 31.2 Å². The highest BCUT2D eigenvalue weighted by Crippen LogP contribution is 2.44. The number of halogens is 5. The molecule has 0 atom stereocenters. The molecule has 3 rings (SSSR count). The molecule has 0 aliphatic heterocycles. The first kappa shape index (κ1) is 28.3. The van der Waals surface area contributed by atoms with Crippen LogP contribution in [0.2, 0.25) is 25.1 Å². The van der Waals surface area contributed by atoms with Gasteiger partial charge in [-0.3, -0.25) is 10.1 Å². The summed E-state index contributed by atoms with van der Waals surface area (Å²) in [6, 6.07) is 9.96. The Kier molecular flexibility index (Phi) is 9.72. The Balaban J connectivity index is 1.95. The number of urea groups is 1. The summed E-state index contributed by atoms with van der Waals surface area (Å²) < 4.78 is 16.8. The van der Waals surface area contributed by atoms with Gasteiger partial charge in [0, 0.05) is 24.9 Å². The molecular weight excluding hydrogens is 574 g/mol. The highest BCUT2D eigenvalue weighted by Gasteiger charge is 2.25. The van der Waals surface area contributed by atoms with E-state index < -0.39 is 18.2 Å². The Morgan fingerprint density at radius 3 is 2.11 bits per heavy atom. The van der Waals surface area contributed by atoms with Crippen LogP contribution in [0.5, 0.6) is 11.5 Å². The normalized spacial score (nSPS) is 10.9. The van der Waals surface area contributed by atoms with Gasteiger partial charge in [-0.05, 0) is 48.9 Å². The SMILES string of the molecule is COC(OC)c1cc(NC(=O)NC(=O)c2c(Cl)cccc2Cl)c(C)c(Cl)c1Oc1ccc(Cl)cc1Cl. The fraction of sp³-hybridized carbons (Fsp3) is 0.167. The molecule has 12 heteroatoms. The van der Waals surface area contributed by atoms with E-state index in [9.17, 15) is 9.59 Å². The number of carbonyl (C=O) groups is 2. The Hall–Kier alpha value is -2.23. The number of benzene rings is 3. The van der Waals surface area contributed by atoms with E-state index in [1.807, 2.05) is 0 Å². The second kappa shape index (κ2) is 12.3. The first-order valence-corrected chi connectivity index (χ1v) is 12.0. The molecular formula is C24H19Cl5N2O5. The average molecular weight is 593 g/mol. The number of amides is 3. The van der Waals surface area contributed by atoms with Crippen LogP contribution in [0, 0.1) is 6.92 Å². The molecule has 3 aromatic rings. The predicted molar refractivity (Wildman–Crippen MR) is 142 cm³/mol. The van der Waals surface area contributed by atoms with E-state index in [4.69, 9.17) is 72.2 Å². The highest BCUT2D eigenvalue weighted by atomic mass is 35.5. The van der Waals surface area contributed by atoms with Crippen LogP contribution in [0.15, 0.2) is 42.5 Å². The van der Waals surface area contributed by atoms with Gasteiger partial charge in [-0.1, -0.05) is 64.1 Å². The first-order valence-electron chi connectivity index (χ1n) is 10.1. The number of rotatable bonds is 7. The van der Waals surface area contributed by atoms with Gasteiger partial charge in [-0.15, -0.1) is 0 Å². The summed E-state index contributed by atoms with van der Waals surface area (Å²) in [6.07, 6.45) is -0.920. The van der Waals surface area contributed by atoms with Gasteiger partial charge >= 0.3 is 6.03 Å². The molecule has 2 N–H and O–H groups in total. The molecule has 0 radical (unpaired) electrons. The van der Waals surface area contributed by atoms with E-state index in [1.54, 1.807) is 31.2 Å². The second-order valence-corrected chi connectivity index (χ2v) is 9.30. The largest absolute Gasteiger partial charge is 0.454 e.